The summed E-state index contributed by atoms with van der Waals surface area (Å²) in [5.74, 6) is -2.88. The number of aliphatic carboxylic acids is 2. The summed E-state index contributed by atoms with van der Waals surface area (Å²) >= 11 is 0. The molecule has 2 heterocycles. The topological polar surface area (TPSA) is 230 Å². The Balaban J connectivity index is 2.09. The first-order valence-electron chi connectivity index (χ1n) is 8.43. The van der Waals surface area contributed by atoms with E-state index in [-0.39, 0.29) is 11.7 Å². The second kappa shape index (κ2) is 9.61. The Morgan fingerprint density at radius 3 is 2.59 bits per heavy atom. The highest BCUT2D eigenvalue weighted by atomic mass is 16.5. The maximum Gasteiger partial charge on any atom is 0.328 e. The molecule has 14 heteroatoms. The summed E-state index contributed by atoms with van der Waals surface area (Å²) < 4.78 is 5.03. The van der Waals surface area contributed by atoms with Crippen molar-refractivity contribution in [2.75, 3.05) is 0 Å². The van der Waals surface area contributed by atoms with Gasteiger partial charge in [-0.25, -0.2) is 14.6 Å². The average Bonchev–Trinajstić information content (AvgIpc) is 3.29. The summed E-state index contributed by atoms with van der Waals surface area (Å²) in [5.41, 5.74) is 6.72. The van der Waals surface area contributed by atoms with Crippen LogP contribution in [-0.2, 0) is 16.0 Å². The van der Waals surface area contributed by atoms with Crippen LogP contribution in [0.1, 0.15) is 42.8 Å². The van der Waals surface area contributed by atoms with Crippen LogP contribution < -0.4 is 16.4 Å². The number of carbonyl (C=O) groups excluding carboxylic acids is 1. The number of hydrogen-bond acceptors (Lipinski definition) is 9. The van der Waals surface area contributed by atoms with E-state index >= 15 is 0 Å². The Labute approximate surface area is 163 Å². The highest BCUT2D eigenvalue weighted by Gasteiger charge is 2.29. The maximum absolute atomic E-state index is 12.1. The number of urea groups is 1. The SMILES string of the molecule is CC(O)C(NC(=O)N[C@@H](CC(=O)O)c1nc([C@@H](N)Cc2cnc[nH]2)no1)C(=O)O. The molecule has 2 aromatic rings. The van der Waals surface area contributed by atoms with Crippen LogP contribution in [0.15, 0.2) is 17.0 Å². The van der Waals surface area contributed by atoms with Gasteiger partial charge in [-0.15, -0.1) is 0 Å². The largest absolute Gasteiger partial charge is 0.481 e. The Hall–Kier alpha value is -3.52. The third-order valence-corrected chi connectivity index (χ3v) is 3.80. The lowest BCUT2D eigenvalue weighted by Gasteiger charge is -2.19. The Morgan fingerprint density at radius 1 is 1.31 bits per heavy atom. The van der Waals surface area contributed by atoms with E-state index in [1.165, 1.54) is 13.3 Å². The number of nitrogens with one attached hydrogen (secondary N) is 3. The van der Waals surface area contributed by atoms with Crippen molar-refractivity contribution < 1.29 is 34.2 Å². The van der Waals surface area contributed by atoms with Gasteiger partial charge in [-0.3, -0.25) is 4.79 Å². The first-order valence-corrected chi connectivity index (χ1v) is 8.43. The zero-order valence-electron chi connectivity index (χ0n) is 15.3. The van der Waals surface area contributed by atoms with Crippen molar-refractivity contribution in [1.29, 1.82) is 0 Å². The van der Waals surface area contributed by atoms with Gasteiger partial charge in [-0.2, -0.15) is 4.98 Å². The molecule has 14 nitrogen and oxygen atoms in total. The number of hydrogen-bond donors (Lipinski definition) is 7. The molecule has 2 rings (SSSR count). The number of H-pyrrole nitrogens is 1. The molecule has 2 amide bonds. The van der Waals surface area contributed by atoms with Gasteiger partial charge in [0.25, 0.3) is 0 Å². The molecule has 0 aromatic carbocycles. The lowest BCUT2D eigenvalue weighted by Crippen LogP contribution is -2.51. The molecule has 8 N–H and O–H groups in total. The van der Waals surface area contributed by atoms with E-state index < -0.39 is 48.6 Å². The molecular formula is C15H21N7O7. The number of aromatic amines is 1. The number of aliphatic hydroxyl groups excluding tert-OH is 1. The Kier molecular flexibility index (Phi) is 7.21. The molecule has 0 radical (unpaired) electrons. The predicted molar refractivity (Wildman–Crippen MR) is 93.3 cm³/mol. The minimum Gasteiger partial charge on any atom is -0.481 e. The molecule has 4 atom stereocenters. The summed E-state index contributed by atoms with van der Waals surface area (Å²) in [6.07, 6.45) is 1.36. The molecule has 0 saturated carbocycles. The summed E-state index contributed by atoms with van der Waals surface area (Å²) in [6, 6.07) is -4.57. The first kappa shape index (κ1) is 21.8. The van der Waals surface area contributed by atoms with Gasteiger partial charge >= 0.3 is 18.0 Å². The van der Waals surface area contributed by atoms with Gasteiger partial charge in [-0.1, -0.05) is 5.16 Å². The van der Waals surface area contributed by atoms with E-state index in [1.807, 2.05) is 5.32 Å². The Morgan fingerprint density at radius 2 is 2.03 bits per heavy atom. The maximum atomic E-state index is 12.1. The number of carbonyl (C=O) groups is 3. The van der Waals surface area contributed by atoms with E-state index in [0.29, 0.717) is 6.42 Å². The predicted octanol–water partition coefficient (Wildman–Crippen LogP) is -1.32. The van der Waals surface area contributed by atoms with Gasteiger partial charge in [0.05, 0.1) is 24.9 Å². The quantitative estimate of drug-likeness (QED) is 0.242. The highest BCUT2D eigenvalue weighted by Crippen LogP contribution is 2.18. The lowest BCUT2D eigenvalue weighted by molar-refractivity contribution is -0.142. The number of nitrogens with two attached hydrogens (primary N) is 1. The van der Waals surface area contributed by atoms with Crippen LogP contribution in [-0.4, -0.2) is 65.5 Å². The van der Waals surface area contributed by atoms with Crippen molar-refractivity contribution >= 4 is 18.0 Å². The van der Waals surface area contributed by atoms with E-state index in [2.05, 4.69) is 25.4 Å². The Bertz CT molecular complexity index is 836. The summed E-state index contributed by atoms with van der Waals surface area (Å²) in [6.45, 7) is 1.18. The number of imidazole rings is 1. The molecule has 29 heavy (non-hydrogen) atoms. The van der Waals surface area contributed by atoms with Crippen molar-refractivity contribution in [3.8, 4) is 0 Å². The van der Waals surface area contributed by atoms with Crippen LogP contribution in [0.5, 0.6) is 0 Å². The van der Waals surface area contributed by atoms with Crippen LogP contribution in [0.25, 0.3) is 0 Å². The fourth-order valence-corrected chi connectivity index (χ4v) is 2.37. The molecule has 0 aliphatic rings. The number of nitrogens with zero attached hydrogens (tertiary/aromatic N) is 3. The van der Waals surface area contributed by atoms with Crippen LogP contribution in [0.3, 0.4) is 0 Å². The zero-order chi connectivity index (χ0) is 21.6. The fourth-order valence-electron chi connectivity index (χ4n) is 2.37. The van der Waals surface area contributed by atoms with Crippen LogP contribution >= 0.6 is 0 Å². The number of carboxylic acids is 2. The molecule has 0 aliphatic carbocycles. The van der Waals surface area contributed by atoms with Gasteiger partial charge in [0, 0.05) is 18.3 Å². The zero-order valence-corrected chi connectivity index (χ0v) is 15.3. The monoisotopic (exact) mass is 411 g/mol. The fraction of sp³-hybridized carbons (Fsp3) is 0.467. The van der Waals surface area contributed by atoms with Crippen LogP contribution in [0.4, 0.5) is 4.79 Å². The summed E-state index contributed by atoms with van der Waals surface area (Å²) in [4.78, 5) is 45.0. The molecule has 0 aliphatic heterocycles. The number of aliphatic hydroxyl groups is 1. The molecule has 158 valence electrons. The van der Waals surface area contributed by atoms with E-state index in [4.69, 9.17) is 20.5 Å². The van der Waals surface area contributed by atoms with Gasteiger partial charge in [0.2, 0.25) is 5.89 Å². The minimum atomic E-state index is -1.60. The standard InChI is InChI=1S/C15H21N7O7/c1-6(23)11(14(26)27)20-15(28)19-9(3-10(24)25)13-21-12(22-29-13)8(16)2-7-4-17-5-18-7/h4-6,8-9,11,23H,2-3,16H2,1H3,(H,17,18)(H,24,25)(H,26,27)(H2,19,20,28)/t6?,8-,9-,11?/m0/s1. The average molecular weight is 411 g/mol. The van der Waals surface area contributed by atoms with Crippen molar-refractivity contribution in [3.63, 3.8) is 0 Å². The molecule has 2 unspecified atom stereocenters. The second-order valence-electron chi connectivity index (χ2n) is 6.20. The molecule has 0 saturated heterocycles. The summed E-state index contributed by atoms with van der Waals surface area (Å²) in [7, 11) is 0. The molecule has 0 spiro atoms. The van der Waals surface area contributed by atoms with E-state index in [9.17, 15) is 19.5 Å². The van der Waals surface area contributed by atoms with E-state index in [1.54, 1.807) is 6.20 Å². The highest BCUT2D eigenvalue weighted by molar-refractivity contribution is 5.83. The molecule has 0 fully saturated rings. The summed E-state index contributed by atoms with van der Waals surface area (Å²) in [5, 5.41) is 35.5. The van der Waals surface area contributed by atoms with Crippen molar-refractivity contribution in [3.05, 3.63) is 29.9 Å². The number of rotatable bonds is 10. The van der Waals surface area contributed by atoms with Gasteiger partial charge in [0.15, 0.2) is 11.9 Å². The smallest absolute Gasteiger partial charge is 0.328 e. The van der Waals surface area contributed by atoms with Crippen LogP contribution in [0, 0.1) is 0 Å². The molecule has 0 bridgehead atoms. The second-order valence-corrected chi connectivity index (χ2v) is 6.20. The number of amides is 2. The van der Waals surface area contributed by atoms with Gasteiger partial charge < -0.3 is 41.2 Å². The molecular weight excluding hydrogens is 390 g/mol. The number of aromatic nitrogens is 4. The van der Waals surface area contributed by atoms with Crippen LogP contribution in [0.2, 0.25) is 0 Å². The third kappa shape index (κ3) is 6.25. The van der Waals surface area contributed by atoms with Crippen molar-refractivity contribution in [1.82, 2.24) is 30.7 Å². The lowest BCUT2D eigenvalue weighted by atomic mass is 10.1. The van der Waals surface area contributed by atoms with Crippen molar-refractivity contribution in [2.45, 2.75) is 44.0 Å². The van der Waals surface area contributed by atoms with Crippen molar-refractivity contribution in [2.24, 2.45) is 5.73 Å². The minimum absolute atomic E-state index is 0.0830. The third-order valence-electron chi connectivity index (χ3n) is 3.80. The van der Waals surface area contributed by atoms with E-state index in [0.717, 1.165) is 5.69 Å². The first-order chi connectivity index (χ1) is 13.7. The number of carboxylic acid groups (broad SMARTS) is 2. The van der Waals surface area contributed by atoms with Gasteiger partial charge in [-0.05, 0) is 6.92 Å². The van der Waals surface area contributed by atoms with Gasteiger partial charge in [0.1, 0.15) is 6.04 Å². The normalized spacial score (nSPS) is 15.1. The molecule has 2 aromatic heterocycles.